The van der Waals surface area contributed by atoms with Gasteiger partial charge in [-0.25, -0.2) is 9.18 Å². The van der Waals surface area contributed by atoms with Crippen molar-refractivity contribution in [2.75, 3.05) is 6.54 Å². The molecule has 0 aliphatic carbocycles. The monoisotopic (exact) mass is 405 g/mol. The van der Waals surface area contributed by atoms with Gasteiger partial charge < -0.3 is 10.2 Å². The Labute approximate surface area is 172 Å². The highest BCUT2D eigenvalue weighted by Crippen LogP contribution is 2.30. The molecule has 0 bridgehead atoms. The summed E-state index contributed by atoms with van der Waals surface area (Å²) in [6.45, 7) is 6.08. The second-order valence-electron chi connectivity index (χ2n) is 7.38. The Morgan fingerprint density at radius 1 is 1.20 bits per heavy atom. The van der Waals surface area contributed by atoms with Gasteiger partial charge in [0, 0.05) is 12.1 Å². The number of imide groups is 1. The molecule has 4 rings (SSSR count). The van der Waals surface area contributed by atoms with E-state index in [1.807, 2.05) is 31.2 Å². The van der Waals surface area contributed by atoms with Crippen molar-refractivity contribution in [1.29, 1.82) is 0 Å². The topological polar surface area (TPSA) is 78.5 Å². The van der Waals surface area contributed by atoms with Crippen LogP contribution < -0.4 is 21.1 Å². The van der Waals surface area contributed by atoms with E-state index < -0.39 is 23.3 Å². The van der Waals surface area contributed by atoms with E-state index in [1.54, 1.807) is 18.2 Å². The van der Waals surface area contributed by atoms with Crippen LogP contribution in [0.4, 0.5) is 9.18 Å². The van der Waals surface area contributed by atoms with Crippen LogP contribution >= 0.6 is 0 Å². The second-order valence-corrected chi connectivity index (χ2v) is 7.38. The van der Waals surface area contributed by atoms with Gasteiger partial charge in [0.1, 0.15) is 5.82 Å². The van der Waals surface area contributed by atoms with Crippen molar-refractivity contribution in [2.24, 2.45) is 0 Å². The van der Waals surface area contributed by atoms with Crippen molar-refractivity contribution in [2.45, 2.75) is 19.0 Å². The molecule has 1 saturated heterocycles. The highest BCUT2D eigenvalue weighted by atomic mass is 19.1. The maximum absolute atomic E-state index is 13.6. The SMILES string of the molecule is C=c1cc(C2(CN3Cc4ccc(F)cc4C3=O)NC(=O)NC2=O)cc/c1=C/C=C\C. The van der Waals surface area contributed by atoms with Gasteiger partial charge in [0.05, 0.1) is 6.54 Å². The van der Waals surface area contributed by atoms with E-state index in [2.05, 4.69) is 17.2 Å². The summed E-state index contributed by atoms with van der Waals surface area (Å²) >= 11 is 0. The number of halogens is 1. The highest BCUT2D eigenvalue weighted by Gasteiger charge is 2.50. The molecule has 6 nitrogen and oxygen atoms in total. The van der Waals surface area contributed by atoms with E-state index in [-0.39, 0.29) is 24.6 Å². The van der Waals surface area contributed by atoms with Gasteiger partial charge in [0.25, 0.3) is 11.8 Å². The smallest absolute Gasteiger partial charge is 0.322 e. The molecule has 2 aliphatic rings. The number of urea groups is 1. The Bertz CT molecular complexity index is 1220. The van der Waals surface area contributed by atoms with Crippen molar-refractivity contribution in [3.8, 4) is 0 Å². The number of nitrogens with one attached hydrogen (secondary N) is 2. The van der Waals surface area contributed by atoms with Crippen LogP contribution in [0.15, 0.2) is 48.6 Å². The molecule has 152 valence electrons. The molecule has 2 N–H and O–H groups in total. The zero-order chi connectivity index (χ0) is 21.5. The third-order valence-corrected chi connectivity index (χ3v) is 5.42. The number of carbonyl (C=O) groups is 3. The fourth-order valence-corrected chi connectivity index (χ4v) is 3.88. The maximum atomic E-state index is 13.6. The zero-order valence-electron chi connectivity index (χ0n) is 16.4. The summed E-state index contributed by atoms with van der Waals surface area (Å²) in [5.41, 5.74) is 0.00157. The van der Waals surface area contributed by atoms with Crippen molar-refractivity contribution < 1.29 is 18.8 Å². The molecule has 4 amide bonds. The molecule has 1 fully saturated rings. The summed E-state index contributed by atoms with van der Waals surface area (Å²) in [7, 11) is 0. The third kappa shape index (κ3) is 3.18. The summed E-state index contributed by atoms with van der Waals surface area (Å²) in [5.74, 6) is -1.43. The largest absolute Gasteiger partial charge is 0.331 e. The summed E-state index contributed by atoms with van der Waals surface area (Å²) in [4.78, 5) is 39.2. The van der Waals surface area contributed by atoms with E-state index in [0.29, 0.717) is 16.3 Å². The number of hydrogen-bond acceptors (Lipinski definition) is 3. The first-order valence-electron chi connectivity index (χ1n) is 9.48. The number of hydrogen-bond donors (Lipinski definition) is 2. The van der Waals surface area contributed by atoms with E-state index in [0.717, 1.165) is 5.22 Å². The van der Waals surface area contributed by atoms with Gasteiger partial charge in [0.15, 0.2) is 5.54 Å². The average molecular weight is 405 g/mol. The van der Waals surface area contributed by atoms with Crippen LogP contribution in [0.25, 0.3) is 12.7 Å². The van der Waals surface area contributed by atoms with Gasteiger partial charge in [-0.3, -0.25) is 14.9 Å². The van der Waals surface area contributed by atoms with Crippen LogP contribution in [0.5, 0.6) is 0 Å². The molecule has 2 aliphatic heterocycles. The summed E-state index contributed by atoms with van der Waals surface area (Å²) in [6, 6.07) is 8.69. The molecule has 2 aromatic rings. The minimum absolute atomic E-state index is 0.0862. The van der Waals surface area contributed by atoms with Crippen molar-refractivity contribution >= 4 is 30.5 Å². The van der Waals surface area contributed by atoms with Crippen molar-refractivity contribution in [1.82, 2.24) is 15.5 Å². The molecule has 0 radical (unpaired) electrons. The van der Waals surface area contributed by atoms with Crippen molar-refractivity contribution in [3.63, 3.8) is 0 Å². The van der Waals surface area contributed by atoms with Crippen LogP contribution in [-0.4, -0.2) is 29.3 Å². The second kappa shape index (κ2) is 7.26. The van der Waals surface area contributed by atoms with Crippen molar-refractivity contribution in [3.05, 3.63) is 81.5 Å². The molecule has 30 heavy (non-hydrogen) atoms. The fourth-order valence-electron chi connectivity index (χ4n) is 3.88. The Morgan fingerprint density at radius 3 is 2.67 bits per heavy atom. The highest BCUT2D eigenvalue weighted by molar-refractivity contribution is 6.08. The molecule has 7 heteroatoms. The summed E-state index contributed by atoms with van der Waals surface area (Å²) < 4.78 is 13.6. The van der Waals surface area contributed by atoms with Gasteiger partial charge >= 0.3 is 6.03 Å². The van der Waals surface area contributed by atoms with Crippen LogP contribution in [0.2, 0.25) is 0 Å². The number of carbonyl (C=O) groups excluding carboxylic acids is 3. The van der Waals surface area contributed by atoms with E-state index in [1.165, 1.54) is 17.0 Å². The predicted octanol–water partition coefficient (Wildman–Crippen LogP) is 1.28. The lowest BCUT2D eigenvalue weighted by Crippen LogP contribution is -2.53. The van der Waals surface area contributed by atoms with Crippen LogP contribution in [0.3, 0.4) is 0 Å². The molecule has 0 saturated carbocycles. The molecule has 0 spiro atoms. The lowest BCUT2D eigenvalue weighted by molar-refractivity contribution is -0.124. The normalized spacial score (nSPS) is 21.3. The van der Waals surface area contributed by atoms with Gasteiger partial charge in [-0.2, -0.15) is 0 Å². The Kier molecular flexibility index (Phi) is 4.73. The van der Waals surface area contributed by atoms with Crippen LogP contribution in [0, 0.1) is 5.82 Å². The van der Waals surface area contributed by atoms with Crippen LogP contribution in [-0.2, 0) is 16.9 Å². The first-order chi connectivity index (χ1) is 14.3. The van der Waals surface area contributed by atoms with Gasteiger partial charge in [-0.05, 0) is 46.7 Å². The Hall–Kier alpha value is -3.74. The quantitative estimate of drug-likeness (QED) is 0.753. The van der Waals surface area contributed by atoms with Crippen LogP contribution in [0.1, 0.15) is 28.4 Å². The van der Waals surface area contributed by atoms with E-state index in [4.69, 9.17) is 0 Å². The lowest BCUT2D eigenvalue weighted by Gasteiger charge is -2.31. The lowest BCUT2D eigenvalue weighted by atomic mass is 9.88. The third-order valence-electron chi connectivity index (χ3n) is 5.42. The predicted molar refractivity (Wildman–Crippen MR) is 110 cm³/mol. The van der Waals surface area contributed by atoms with Gasteiger partial charge in [0.2, 0.25) is 0 Å². The summed E-state index contributed by atoms with van der Waals surface area (Å²) in [6.07, 6.45) is 5.66. The first kappa shape index (κ1) is 19.6. The standard InChI is InChI=1S/C23H20FN3O3/c1-3-4-5-15-6-8-17(10-14(15)2)23(21(29)25-22(30)26-23)13-27-12-16-7-9-18(24)11-19(16)20(27)28/h3-11H,2,12-13H2,1H3,(H2,25,26,29,30)/b4-3-,15-5-. The van der Waals surface area contributed by atoms with E-state index >= 15 is 0 Å². The molecular weight excluding hydrogens is 385 g/mol. The van der Waals surface area contributed by atoms with E-state index in [9.17, 15) is 18.8 Å². The molecule has 1 atom stereocenters. The maximum Gasteiger partial charge on any atom is 0.322 e. The minimum Gasteiger partial charge on any atom is -0.331 e. The minimum atomic E-state index is -1.46. The first-order valence-corrected chi connectivity index (χ1v) is 9.48. The zero-order valence-corrected chi connectivity index (χ0v) is 16.4. The molecule has 1 unspecified atom stereocenters. The number of fused-ring (bicyclic) bond motifs is 1. The number of nitrogens with zero attached hydrogens (tertiary/aromatic N) is 1. The Morgan fingerprint density at radius 2 is 2.00 bits per heavy atom. The molecule has 2 heterocycles. The molecular formula is C23H20FN3O3. The number of amides is 4. The van der Waals surface area contributed by atoms with Gasteiger partial charge in [-0.1, -0.05) is 43.0 Å². The van der Waals surface area contributed by atoms with Gasteiger partial charge in [-0.15, -0.1) is 0 Å². The molecule has 2 aromatic carbocycles. The average Bonchev–Trinajstić information content (AvgIpc) is 3.17. The fraction of sp³-hybridized carbons (Fsp3) is 0.174. The number of benzene rings is 2. The Balaban J connectivity index is 1.74. The number of allylic oxidation sites excluding steroid dienone is 2. The summed E-state index contributed by atoms with van der Waals surface area (Å²) in [5, 5.41) is 6.51. The molecule has 0 aromatic heterocycles. The number of rotatable bonds is 4.